The van der Waals surface area contributed by atoms with Crippen LogP contribution in [0.25, 0.3) is 0 Å². The minimum absolute atomic E-state index is 0.394. The molecule has 0 radical (unpaired) electrons. The van der Waals surface area contributed by atoms with Crippen LogP contribution in [0.5, 0.6) is 0 Å². The maximum absolute atomic E-state index is 11.2. The van der Waals surface area contributed by atoms with E-state index in [2.05, 4.69) is 20.4 Å². The van der Waals surface area contributed by atoms with Crippen LogP contribution in [0.4, 0.5) is 0 Å². The molecule has 2 heteroatoms. The Balaban J connectivity index is 3.78. The SMILES string of the molecule is C=C(CCC(CCCCCCCCCCCCCC)CCCCCCCCCCCCCCCC)C(=O)O. The molecule has 0 spiro atoms. The largest absolute Gasteiger partial charge is 0.478 e. The van der Waals surface area contributed by atoms with Crippen LogP contribution in [0.1, 0.15) is 206 Å². The fourth-order valence-electron chi connectivity index (χ4n) is 5.82. The summed E-state index contributed by atoms with van der Waals surface area (Å²) in [5, 5.41) is 9.19. The van der Waals surface area contributed by atoms with Crippen LogP contribution >= 0.6 is 0 Å². The van der Waals surface area contributed by atoms with Crippen molar-refractivity contribution in [1.82, 2.24) is 0 Å². The van der Waals surface area contributed by atoms with Gasteiger partial charge in [0.2, 0.25) is 0 Å². The van der Waals surface area contributed by atoms with E-state index >= 15 is 0 Å². The molecule has 0 saturated carbocycles. The van der Waals surface area contributed by atoms with Crippen molar-refractivity contribution in [2.45, 2.75) is 206 Å². The summed E-state index contributed by atoms with van der Waals surface area (Å²) in [6, 6.07) is 0. The summed E-state index contributed by atoms with van der Waals surface area (Å²) in [5.74, 6) is -0.128. The Morgan fingerprint density at radius 1 is 0.474 bits per heavy atom. The van der Waals surface area contributed by atoms with Crippen molar-refractivity contribution < 1.29 is 9.90 Å². The van der Waals surface area contributed by atoms with Crippen LogP contribution in [0.2, 0.25) is 0 Å². The third kappa shape index (κ3) is 28.2. The Hall–Kier alpha value is -0.790. The first-order valence-electron chi connectivity index (χ1n) is 17.5. The summed E-state index contributed by atoms with van der Waals surface area (Å²) in [6.07, 6.45) is 40.7. The first-order valence-corrected chi connectivity index (χ1v) is 17.5. The molecule has 0 fully saturated rings. The van der Waals surface area contributed by atoms with Crippen LogP contribution in [0, 0.1) is 5.92 Å². The van der Waals surface area contributed by atoms with Gasteiger partial charge in [0, 0.05) is 5.57 Å². The highest BCUT2D eigenvalue weighted by atomic mass is 16.4. The number of hydrogen-bond donors (Lipinski definition) is 1. The van der Waals surface area contributed by atoms with E-state index in [9.17, 15) is 9.90 Å². The van der Waals surface area contributed by atoms with Gasteiger partial charge in [-0.15, -0.1) is 0 Å². The summed E-state index contributed by atoms with van der Waals surface area (Å²) in [6.45, 7) is 8.34. The van der Waals surface area contributed by atoms with E-state index in [4.69, 9.17) is 0 Å². The Bertz CT molecular complexity index is 498. The fourth-order valence-corrected chi connectivity index (χ4v) is 5.82. The monoisotopic (exact) mass is 535 g/mol. The minimum Gasteiger partial charge on any atom is -0.478 e. The average molecular weight is 535 g/mol. The molecule has 226 valence electrons. The van der Waals surface area contributed by atoms with E-state index in [1.54, 1.807) is 0 Å². The van der Waals surface area contributed by atoms with E-state index in [1.165, 1.54) is 180 Å². The molecule has 1 N–H and O–H groups in total. The van der Waals surface area contributed by atoms with E-state index in [0.717, 1.165) is 6.42 Å². The van der Waals surface area contributed by atoms with Crippen molar-refractivity contribution >= 4 is 5.97 Å². The molecule has 0 amide bonds. The third-order valence-electron chi connectivity index (χ3n) is 8.59. The number of aliphatic carboxylic acids is 1. The number of carboxylic acids is 1. The predicted molar refractivity (Wildman–Crippen MR) is 170 cm³/mol. The van der Waals surface area contributed by atoms with Gasteiger partial charge in [0.05, 0.1) is 0 Å². The lowest BCUT2D eigenvalue weighted by atomic mass is 9.89. The highest BCUT2D eigenvalue weighted by Crippen LogP contribution is 2.25. The molecule has 0 aliphatic rings. The Labute approximate surface area is 240 Å². The third-order valence-corrected chi connectivity index (χ3v) is 8.59. The van der Waals surface area contributed by atoms with Crippen molar-refractivity contribution in [2.24, 2.45) is 5.92 Å². The molecule has 0 heterocycles. The van der Waals surface area contributed by atoms with E-state index in [-0.39, 0.29) is 0 Å². The molecule has 0 aromatic heterocycles. The summed E-state index contributed by atoms with van der Waals surface area (Å²) < 4.78 is 0. The van der Waals surface area contributed by atoms with Gasteiger partial charge in [-0.3, -0.25) is 0 Å². The van der Waals surface area contributed by atoms with Crippen molar-refractivity contribution in [1.29, 1.82) is 0 Å². The molecule has 0 rings (SSSR count). The smallest absolute Gasteiger partial charge is 0.330 e. The highest BCUT2D eigenvalue weighted by molar-refractivity contribution is 5.85. The van der Waals surface area contributed by atoms with Crippen molar-refractivity contribution in [3.05, 3.63) is 12.2 Å². The number of carbonyl (C=O) groups is 1. The predicted octanol–water partition coefficient (Wildman–Crippen LogP) is 13.0. The van der Waals surface area contributed by atoms with Gasteiger partial charge in [0.25, 0.3) is 0 Å². The molecule has 2 nitrogen and oxygen atoms in total. The van der Waals surface area contributed by atoms with Gasteiger partial charge in [-0.05, 0) is 18.8 Å². The van der Waals surface area contributed by atoms with Crippen LogP contribution in [-0.2, 0) is 4.79 Å². The zero-order valence-electron chi connectivity index (χ0n) is 26.4. The second-order valence-corrected chi connectivity index (χ2v) is 12.4. The molecule has 0 bridgehead atoms. The van der Waals surface area contributed by atoms with E-state index < -0.39 is 5.97 Å². The highest BCUT2D eigenvalue weighted by Gasteiger charge is 2.12. The molecule has 0 aromatic rings. The molecular weight excluding hydrogens is 464 g/mol. The maximum atomic E-state index is 11.2. The molecule has 1 atom stereocenters. The topological polar surface area (TPSA) is 37.3 Å². The Morgan fingerprint density at radius 3 is 1.00 bits per heavy atom. The maximum Gasteiger partial charge on any atom is 0.330 e. The Kier molecular flexibility index (Phi) is 30.1. The van der Waals surface area contributed by atoms with Crippen LogP contribution in [-0.4, -0.2) is 11.1 Å². The van der Waals surface area contributed by atoms with Gasteiger partial charge in [-0.25, -0.2) is 4.79 Å². The molecular formula is C36H70O2. The molecule has 0 aromatic carbocycles. The van der Waals surface area contributed by atoms with Crippen LogP contribution in [0.3, 0.4) is 0 Å². The van der Waals surface area contributed by atoms with Crippen molar-refractivity contribution in [3.8, 4) is 0 Å². The van der Waals surface area contributed by atoms with Gasteiger partial charge < -0.3 is 5.11 Å². The number of unbranched alkanes of at least 4 members (excludes halogenated alkanes) is 24. The van der Waals surface area contributed by atoms with E-state index in [0.29, 0.717) is 17.9 Å². The standard InChI is InChI=1S/C36H70O2/c1-4-6-8-10-12-14-16-18-19-21-23-25-27-29-31-35(33-32-34(3)36(37)38)30-28-26-24-22-20-17-15-13-11-9-7-5-2/h35H,3-33H2,1-2H3,(H,37,38). The van der Waals surface area contributed by atoms with Gasteiger partial charge in [-0.1, -0.05) is 200 Å². The molecule has 1 unspecified atom stereocenters. The summed E-state index contributed by atoms with van der Waals surface area (Å²) in [4.78, 5) is 11.2. The Morgan fingerprint density at radius 2 is 0.737 bits per heavy atom. The minimum atomic E-state index is -0.814. The quantitative estimate of drug-likeness (QED) is 0.0688. The van der Waals surface area contributed by atoms with Crippen LogP contribution < -0.4 is 0 Å². The second kappa shape index (κ2) is 30.7. The molecule has 0 aliphatic carbocycles. The molecule has 38 heavy (non-hydrogen) atoms. The molecule has 0 saturated heterocycles. The first-order chi connectivity index (χ1) is 18.6. The fraction of sp³-hybridized carbons (Fsp3) is 0.917. The van der Waals surface area contributed by atoms with Gasteiger partial charge >= 0.3 is 5.97 Å². The lowest BCUT2D eigenvalue weighted by Gasteiger charge is -2.17. The zero-order valence-corrected chi connectivity index (χ0v) is 26.4. The normalized spacial score (nSPS) is 12.2. The second-order valence-electron chi connectivity index (χ2n) is 12.4. The number of rotatable bonds is 32. The summed E-state index contributed by atoms with van der Waals surface area (Å²) in [5.41, 5.74) is 0.394. The van der Waals surface area contributed by atoms with E-state index in [1.807, 2.05) is 0 Å². The van der Waals surface area contributed by atoms with Crippen molar-refractivity contribution in [2.75, 3.05) is 0 Å². The lowest BCUT2D eigenvalue weighted by molar-refractivity contribution is -0.132. The number of carboxylic acid groups (broad SMARTS) is 1. The molecule has 0 aliphatic heterocycles. The van der Waals surface area contributed by atoms with Crippen molar-refractivity contribution in [3.63, 3.8) is 0 Å². The van der Waals surface area contributed by atoms with Gasteiger partial charge in [-0.2, -0.15) is 0 Å². The summed E-state index contributed by atoms with van der Waals surface area (Å²) >= 11 is 0. The van der Waals surface area contributed by atoms with Gasteiger partial charge in [0.1, 0.15) is 0 Å². The van der Waals surface area contributed by atoms with Gasteiger partial charge in [0.15, 0.2) is 0 Å². The summed E-state index contributed by atoms with van der Waals surface area (Å²) in [7, 11) is 0. The van der Waals surface area contributed by atoms with Crippen LogP contribution in [0.15, 0.2) is 12.2 Å². The zero-order chi connectivity index (χ0) is 27.9. The number of hydrogen-bond acceptors (Lipinski definition) is 1. The first kappa shape index (κ1) is 37.2. The average Bonchev–Trinajstić information content (AvgIpc) is 2.91. The lowest BCUT2D eigenvalue weighted by Crippen LogP contribution is -2.05.